The van der Waals surface area contributed by atoms with E-state index in [1.807, 2.05) is 69.6 Å². The van der Waals surface area contributed by atoms with Gasteiger partial charge in [0.25, 0.3) is 5.91 Å². The number of alkyl halides is 3. The summed E-state index contributed by atoms with van der Waals surface area (Å²) in [7, 11) is 1.97. The average molecular weight is 462 g/mol. The highest BCUT2D eigenvalue weighted by atomic mass is 19.4. The number of carbonyl (C=O) groups is 2. The maximum absolute atomic E-state index is 12.7. The number of nitrogens with zero attached hydrogens (tertiary/aromatic N) is 5. The molecule has 0 aliphatic heterocycles. The largest absolute Gasteiger partial charge is 0.490 e. The molecular formula is C21H21F3N6O3. The van der Waals surface area contributed by atoms with Gasteiger partial charge in [0.15, 0.2) is 5.69 Å². The lowest BCUT2D eigenvalue weighted by Gasteiger charge is -2.04. The summed E-state index contributed by atoms with van der Waals surface area (Å²) in [6.07, 6.45) is 7.08. The van der Waals surface area contributed by atoms with Gasteiger partial charge in [-0.2, -0.15) is 13.2 Å². The number of hydrogen-bond acceptors (Lipinski definition) is 4. The molecule has 0 fully saturated rings. The first-order chi connectivity index (χ1) is 15.7. The Morgan fingerprint density at radius 3 is 2.52 bits per heavy atom. The van der Waals surface area contributed by atoms with E-state index in [1.165, 1.54) is 0 Å². The van der Waals surface area contributed by atoms with E-state index >= 15 is 0 Å². The number of rotatable bonds is 6. The summed E-state index contributed by atoms with van der Waals surface area (Å²) in [5.74, 6) is -2.14. The number of carbonyl (C=O) groups excluding carboxylic acids is 1. The molecular weight excluding hydrogens is 441 g/mol. The zero-order valence-corrected chi connectivity index (χ0v) is 17.5. The zero-order valence-electron chi connectivity index (χ0n) is 17.5. The molecule has 4 aromatic heterocycles. The predicted molar refractivity (Wildman–Crippen MR) is 112 cm³/mol. The highest BCUT2D eigenvalue weighted by molar-refractivity contribution is 6.00. The Balaban J connectivity index is 0.000000383. The lowest BCUT2D eigenvalue weighted by Crippen LogP contribution is -2.25. The van der Waals surface area contributed by atoms with Crippen LogP contribution in [-0.4, -0.2) is 53.2 Å². The van der Waals surface area contributed by atoms with Gasteiger partial charge >= 0.3 is 12.1 Å². The molecule has 4 rings (SSSR count). The molecule has 4 heterocycles. The van der Waals surface area contributed by atoms with Crippen LogP contribution in [0.15, 0.2) is 61.6 Å². The molecule has 0 atom stereocenters. The van der Waals surface area contributed by atoms with Crippen LogP contribution < -0.4 is 5.32 Å². The Morgan fingerprint density at radius 2 is 1.91 bits per heavy atom. The number of pyridine rings is 1. The van der Waals surface area contributed by atoms with Gasteiger partial charge in [0.2, 0.25) is 0 Å². The Kier molecular flexibility index (Phi) is 7.16. The number of amides is 1. The third-order valence-electron chi connectivity index (χ3n) is 4.53. The normalized spacial score (nSPS) is 11.2. The van der Waals surface area contributed by atoms with Gasteiger partial charge in [-0.05, 0) is 24.6 Å². The molecule has 12 heteroatoms. The van der Waals surface area contributed by atoms with Gasteiger partial charge in [-0.3, -0.25) is 9.20 Å². The second-order valence-corrected chi connectivity index (χ2v) is 7.02. The number of imidazole rings is 2. The Bertz CT molecular complexity index is 1230. The molecule has 33 heavy (non-hydrogen) atoms. The van der Waals surface area contributed by atoms with Crippen LogP contribution in [0.25, 0.3) is 16.9 Å². The molecule has 4 aromatic rings. The monoisotopic (exact) mass is 462 g/mol. The number of carboxylic acid groups (broad SMARTS) is 1. The third kappa shape index (κ3) is 5.99. The number of aryl methyl sites for hydroxylation is 2. The van der Waals surface area contributed by atoms with Crippen molar-refractivity contribution >= 4 is 17.4 Å². The highest BCUT2D eigenvalue weighted by Gasteiger charge is 2.38. The van der Waals surface area contributed by atoms with Gasteiger partial charge in [-0.15, -0.1) is 0 Å². The fourth-order valence-electron chi connectivity index (χ4n) is 3.01. The predicted octanol–water partition coefficient (Wildman–Crippen LogP) is 2.99. The summed E-state index contributed by atoms with van der Waals surface area (Å²) in [6.45, 7) is 1.41. The van der Waals surface area contributed by atoms with Gasteiger partial charge in [-0.1, -0.05) is 6.07 Å². The standard InChI is InChI=1S/C19H20N6O.C2HF3O2/c1-23-11-6-15(13-23)18-22-17(16-5-2-3-10-25(16)18)19(26)21-7-4-9-24-12-8-20-14-24;3-2(4,5)1(6)7/h2-3,5-6,8,10-14H,4,7,9H2,1H3,(H,21,26);(H,6,7). The van der Waals surface area contributed by atoms with Crippen LogP contribution >= 0.6 is 0 Å². The second kappa shape index (κ2) is 10.0. The number of fused-ring (bicyclic) bond motifs is 1. The molecule has 0 unspecified atom stereocenters. The van der Waals surface area contributed by atoms with E-state index in [4.69, 9.17) is 9.90 Å². The van der Waals surface area contributed by atoms with Crippen LogP contribution in [0.5, 0.6) is 0 Å². The summed E-state index contributed by atoms with van der Waals surface area (Å²) >= 11 is 0. The van der Waals surface area contributed by atoms with Crippen molar-refractivity contribution in [2.24, 2.45) is 7.05 Å². The first kappa shape index (κ1) is 23.6. The number of halogens is 3. The summed E-state index contributed by atoms with van der Waals surface area (Å²) in [6, 6.07) is 7.77. The van der Waals surface area contributed by atoms with Crippen molar-refractivity contribution in [2.45, 2.75) is 19.1 Å². The van der Waals surface area contributed by atoms with Crippen LogP contribution in [-0.2, 0) is 18.4 Å². The van der Waals surface area contributed by atoms with Crippen molar-refractivity contribution in [2.75, 3.05) is 6.54 Å². The highest BCUT2D eigenvalue weighted by Crippen LogP contribution is 2.23. The van der Waals surface area contributed by atoms with Crippen molar-refractivity contribution in [3.8, 4) is 11.4 Å². The van der Waals surface area contributed by atoms with Crippen LogP contribution in [0.4, 0.5) is 13.2 Å². The van der Waals surface area contributed by atoms with Crippen LogP contribution in [0.3, 0.4) is 0 Å². The summed E-state index contributed by atoms with van der Waals surface area (Å²) < 4.78 is 37.6. The van der Waals surface area contributed by atoms with Gasteiger partial charge in [-0.25, -0.2) is 14.8 Å². The Morgan fingerprint density at radius 1 is 1.15 bits per heavy atom. The molecule has 0 saturated carbocycles. The second-order valence-electron chi connectivity index (χ2n) is 7.02. The van der Waals surface area contributed by atoms with Gasteiger partial charge in [0.1, 0.15) is 5.82 Å². The minimum atomic E-state index is -5.08. The minimum Gasteiger partial charge on any atom is -0.475 e. The first-order valence-electron chi connectivity index (χ1n) is 9.80. The van der Waals surface area contributed by atoms with Crippen molar-refractivity contribution < 1.29 is 27.9 Å². The summed E-state index contributed by atoms with van der Waals surface area (Å²) in [5.41, 5.74) is 2.23. The van der Waals surface area contributed by atoms with Crippen LogP contribution in [0.1, 0.15) is 16.9 Å². The van der Waals surface area contributed by atoms with Crippen molar-refractivity contribution in [3.63, 3.8) is 0 Å². The number of carboxylic acids is 1. The van der Waals surface area contributed by atoms with E-state index in [-0.39, 0.29) is 5.91 Å². The molecule has 1 amide bonds. The molecule has 0 saturated heterocycles. The first-order valence-corrected chi connectivity index (χ1v) is 9.80. The van der Waals surface area contributed by atoms with E-state index in [0.29, 0.717) is 12.2 Å². The van der Waals surface area contributed by atoms with E-state index in [9.17, 15) is 18.0 Å². The van der Waals surface area contributed by atoms with E-state index < -0.39 is 12.1 Å². The SMILES string of the molecule is Cn1ccc(-c2nc(C(=O)NCCCn3ccnc3)c3ccccn23)c1.O=C(O)C(F)(F)F. The summed E-state index contributed by atoms with van der Waals surface area (Å²) in [5, 5.41) is 10.1. The van der Waals surface area contributed by atoms with Gasteiger partial charge in [0, 0.05) is 56.7 Å². The molecule has 9 nitrogen and oxygen atoms in total. The lowest BCUT2D eigenvalue weighted by molar-refractivity contribution is -0.192. The molecule has 174 valence electrons. The van der Waals surface area contributed by atoms with Gasteiger partial charge in [0.05, 0.1) is 11.8 Å². The van der Waals surface area contributed by atoms with Crippen LogP contribution in [0, 0.1) is 0 Å². The van der Waals surface area contributed by atoms with E-state index in [1.54, 1.807) is 12.5 Å². The van der Waals surface area contributed by atoms with Crippen molar-refractivity contribution in [1.29, 1.82) is 0 Å². The van der Waals surface area contributed by atoms with Crippen LogP contribution in [0.2, 0.25) is 0 Å². The Labute approximate surface area is 186 Å². The topological polar surface area (TPSA) is 106 Å². The molecule has 2 N–H and O–H groups in total. The molecule has 0 aliphatic rings. The van der Waals surface area contributed by atoms with Gasteiger partial charge < -0.3 is 19.6 Å². The zero-order chi connectivity index (χ0) is 24.0. The molecule has 0 bridgehead atoms. The fourth-order valence-corrected chi connectivity index (χ4v) is 3.01. The minimum absolute atomic E-state index is 0.151. The summed E-state index contributed by atoms with van der Waals surface area (Å²) in [4.78, 5) is 30.2. The van der Waals surface area contributed by atoms with Crippen molar-refractivity contribution in [3.05, 3.63) is 67.3 Å². The third-order valence-corrected chi connectivity index (χ3v) is 4.53. The maximum atomic E-state index is 12.7. The lowest BCUT2D eigenvalue weighted by atomic mass is 10.3. The van der Waals surface area contributed by atoms with E-state index in [2.05, 4.69) is 15.3 Å². The Hall–Kier alpha value is -4.09. The number of nitrogens with one attached hydrogen (secondary N) is 1. The molecule has 0 aliphatic carbocycles. The number of hydrogen-bond donors (Lipinski definition) is 2. The fraction of sp³-hybridized carbons (Fsp3) is 0.238. The molecule has 0 radical (unpaired) electrons. The molecule has 0 spiro atoms. The number of aliphatic carboxylic acids is 1. The van der Waals surface area contributed by atoms with Crippen molar-refractivity contribution in [1.82, 2.24) is 28.8 Å². The van der Waals surface area contributed by atoms with E-state index in [0.717, 1.165) is 29.9 Å². The number of aromatic nitrogens is 5. The quantitative estimate of drug-likeness (QED) is 0.429. The maximum Gasteiger partial charge on any atom is 0.490 e. The average Bonchev–Trinajstić information content (AvgIpc) is 3.50. The smallest absolute Gasteiger partial charge is 0.475 e. The molecule has 0 aromatic carbocycles.